The first-order valence-corrected chi connectivity index (χ1v) is 7.17. The van der Waals surface area contributed by atoms with Crippen LogP contribution in [0.1, 0.15) is 23.2 Å². The molecule has 20 heavy (non-hydrogen) atoms. The number of aliphatic carboxylic acids is 1. The highest BCUT2D eigenvalue weighted by Gasteiger charge is 2.22. The number of primary amides is 1. The van der Waals surface area contributed by atoms with Crippen molar-refractivity contribution in [2.45, 2.75) is 18.9 Å². The molecule has 0 aliphatic heterocycles. The number of benzene rings is 1. The fraction of sp³-hybridized carbons (Fsp3) is 0.250. The summed E-state index contributed by atoms with van der Waals surface area (Å²) in [5, 5.41) is 11.4. The molecule has 2 amide bonds. The first kappa shape index (κ1) is 16.6. The largest absolute Gasteiger partial charge is 0.480 e. The summed E-state index contributed by atoms with van der Waals surface area (Å²) < 4.78 is 1.23. The number of carbonyl (C=O) groups is 3. The lowest BCUT2D eigenvalue weighted by molar-refractivity contribution is -0.139. The number of carbonyl (C=O) groups excluding carboxylic acids is 2. The van der Waals surface area contributed by atoms with E-state index in [2.05, 4.69) is 37.2 Å². The average molecular weight is 408 g/mol. The van der Waals surface area contributed by atoms with Gasteiger partial charge in [-0.15, -0.1) is 0 Å². The van der Waals surface area contributed by atoms with Crippen molar-refractivity contribution in [3.05, 3.63) is 32.7 Å². The zero-order valence-electron chi connectivity index (χ0n) is 10.2. The van der Waals surface area contributed by atoms with E-state index in [0.717, 1.165) is 0 Å². The van der Waals surface area contributed by atoms with Crippen molar-refractivity contribution in [1.82, 2.24) is 5.32 Å². The Morgan fingerprint density at radius 1 is 1.30 bits per heavy atom. The van der Waals surface area contributed by atoms with Crippen molar-refractivity contribution in [2.75, 3.05) is 0 Å². The predicted molar refractivity (Wildman–Crippen MR) is 79.2 cm³/mol. The maximum Gasteiger partial charge on any atom is 0.326 e. The number of hydrogen-bond acceptors (Lipinski definition) is 3. The molecule has 1 aromatic carbocycles. The molecule has 6 nitrogen and oxygen atoms in total. The van der Waals surface area contributed by atoms with Gasteiger partial charge in [0, 0.05) is 15.4 Å². The zero-order valence-corrected chi connectivity index (χ0v) is 13.4. The van der Waals surface area contributed by atoms with Crippen LogP contribution in [0.5, 0.6) is 0 Å². The number of carboxylic acid groups (broad SMARTS) is 1. The van der Waals surface area contributed by atoms with Gasteiger partial charge in [-0.2, -0.15) is 0 Å². The van der Waals surface area contributed by atoms with Crippen LogP contribution in [0.4, 0.5) is 0 Å². The van der Waals surface area contributed by atoms with Gasteiger partial charge in [0.2, 0.25) is 5.91 Å². The van der Waals surface area contributed by atoms with Crippen LogP contribution in [0.25, 0.3) is 0 Å². The van der Waals surface area contributed by atoms with E-state index >= 15 is 0 Å². The highest BCUT2D eigenvalue weighted by atomic mass is 79.9. The first-order chi connectivity index (χ1) is 9.31. The summed E-state index contributed by atoms with van der Waals surface area (Å²) in [4.78, 5) is 33.8. The molecule has 1 rings (SSSR count). The normalized spacial score (nSPS) is 11.7. The summed E-state index contributed by atoms with van der Waals surface area (Å²) in [6.45, 7) is 0. The van der Waals surface area contributed by atoms with Crippen molar-refractivity contribution in [2.24, 2.45) is 5.73 Å². The molecular formula is C12H12Br2N2O4. The molecule has 4 N–H and O–H groups in total. The maximum absolute atomic E-state index is 12.0. The SMILES string of the molecule is NC(=O)CCC(NC(=O)c1cc(Br)ccc1Br)C(=O)O. The summed E-state index contributed by atoms with van der Waals surface area (Å²) in [5.41, 5.74) is 5.26. The number of rotatable bonds is 6. The van der Waals surface area contributed by atoms with Gasteiger partial charge in [-0.05, 0) is 40.5 Å². The van der Waals surface area contributed by atoms with Gasteiger partial charge < -0.3 is 16.2 Å². The minimum atomic E-state index is -1.22. The Morgan fingerprint density at radius 2 is 1.95 bits per heavy atom. The van der Waals surface area contributed by atoms with Gasteiger partial charge in [-0.1, -0.05) is 15.9 Å². The van der Waals surface area contributed by atoms with E-state index in [-0.39, 0.29) is 12.8 Å². The number of nitrogens with two attached hydrogens (primary N) is 1. The van der Waals surface area contributed by atoms with Crippen LogP contribution in [0.3, 0.4) is 0 Å². The Kier molecular flexibility index (Phi) is 6.15. The molecule has 1 aromatic rings. The molecule has 0 bridgehead atoms. The third kappa shape index (κ3) is 4.93. The first-order valence-electron chi connectivity index (χ1n) is 5.58. The molecule has 1 atom stereocenters. The molecule has 0 aliphatic rings. The highest BCUT2D eigenvalue weighted by molar-refractivity contribution is 9.11. The Bertz CT molecular complexity index is 548. The molecule has 0 saturated heterocycles. The van der Waals surface area contributed by atoms with Crippen molar-refractivity contribution in [3.8, 4) is 0 Å². The van der Waals surface area contributed by atoms with Gasteiger partial charge in [0.25, 0.3) is 5.91 Å². The molecule has 108 valence electrons. The quantitative estimate of drug-likeness (QED) is 0.665. The molecule has 0 radical (unpaired) electrons. The van der Waals surface area contributed by atoms with Crippen LogP contribution >= 0.6 is 31.9 Å². The summed E-state index contributed by atoms with van der Waals surface area (Å²) >= 11 is 6.45. The summed E-state index contributed by atoms with van der Waals surface area (Å²) in [7, 11) is 0. The second-order valence-electron chi connectivity index (χ2n) is 3.99. The van der Waals surface area contributed by atoms with Gasteiger partial charge in [-0.3, -0.25) is 9.59 Å². The third-order valence-corrected chi connectivity index (χ3v) is 3.64. The minimum absolute atomic E-state index is 0.0535. The zero-order chi connectivity index (χ0) is 15.3. The Morgan fingerprint density at radius 3 is 2.50 bits per heavy atom. The minimum Gasteiger partial charge on any atom is -0.480 e. The van der Waals surface area contributed by atoms with Crippen molar-refractivity contribution in [1.29, 1.82) is 0 Å². The van der Waals surface area contributed by atoms with Crippen molar-refractivity contribution >= 4 is 49.6 Å². The molecule has 0 heterocycles. The number of nitrogens with one attached hydrogen (secondary N) is 1. The van der Waals surface area contributed by atoms with Gasteiger partial charge in [0.15, 0.2) is 0 Å². The molecule has 8 heteroatoms. The van der Waals surface area contributed by atoms with E-state index in [4.69, 9.17) is 10.8 Å². The maximum atomic E-state index is 12.0. The summed E-state index contributed by atoms with van der Waals surface area (Å²) in [6, 6.07) is 3.80. The lowest BCUT2D eigenvalue weighted by Gasteiger charge is -2.14. The second-order valence-corrected chi connectivity index (χ2v) is 5.76. The molecule has 0 spiro atoms. The Balaban J connectivity index is 2.82. The summed E-state index contributed by atoms with van der Waals surface area (Å²) in [5.74, 6) is -2.38. The topological polar surface area (TPSA) is 109 Å². The molecule has 0 fully saturated rings. The van der Waals surface area contributed by atoms with Gasteiger partial charge in [0.05, 0.1) is 5.56 Å². The smallest absolute Gasteiger partial charge is 0.326 e. The number of carboxylic acids is 1. The van der Waals surface area contributed by atoms with Crippen LogP contribution < -0.4 is 11.1 Å². The average Bonchev–Trinajstić information content (AvgIpc) is 2.36. The third-order valence-electron chi connectivity index (χ3n) is 2.46. The summed E-state index contributed by atoms with van der Waals surface area (Å²) in [6.07, 6.45) is -0.168. The fourth-order valence-corrected chi connectivity index (χ4v) is 2.24. The number of amides is 2. The second kappa shape index (κ2) is 7.39. The van der Waals surface area contributed by atoms with Gasteiger partial charge >= 0.3 is 5.97 Å². The van der Waals surface area contributed by atoms with Crippen molar-refractivity contribution < 1.29 is 19.5 Å². The number of halogens is 2. The van der Waals surface area contributed by atoms with E-state index in [1.54, 1.807) is 18.2 Å². The highest BCUT2D eigenvalue weighted by Crippen LogP contribution is 2.21. The molecule has 0 aromatic heterocycles. The Hall–Kier alpha value is -1.41. The van der Waals surface area contributed by atoms with Crippen LogP contribution in [0.15, 0.2) is 27.1 Å². The lowest BCUT2D eigenvalue weighted by atomic mass is 10.1. The van der Waals surface area contributed by atoms with Crippen molar-refractivity contribution in [3.63, 3.8) is 0 Å². The van der Waals surface area contributed by atoms with Gasteiger partial charge in [0.1, 0.15) is 6.04 Å². The van der Waals surface area contributed by atoms with Crippen LogP contribution in [0, 0.1) is 0 Å². The standard InChI is InChI=1S/C12H12Br2N2O4/c13-6-1-2-8(14)7(5-6)11(18)16-9(12(19)20)3-4-10(15)17/h1-2,5,9H,3-4H2,(H2,15,17)(H,16,18)(H,19,20). The Labute approximate surface area is 132 Å². The van der Waals surface area contributed by atoms with Crippen LogP contribution in [-0.4, -0.2) is 28.9 Å². The van der Waals surface area contributed by atoms with Crippen LogP contribution in [-0.2, 0) is 9.59 Å². The van der Waals surface area contributed by atoms with E-state index in [9.17, 15) is 14.4 Å². The lowest BCUT2D eigenvalue weighted by Crippen LogP contribution is -2.41. The van der Waals surface area contributed by atoms with E-state index in [1.165, 1.54) is 0 Å². The fourth-order valence-electron chi connectivity index (χ4n) is 1.45. The molecular weight excluding hydrogens is 396 g/mol. The predicted octanol–water partition coefficient (Wildman–Crippen LogP) is 1.66. The number of hydrogen-bond donors (Lipinski definition) is 3. The molecule has 0 aliphatic carbocycles. The van der Waals surface area contributed by atoms with E-state index < -0.39 is 23.8 Å². The molecule has 1 unspecified atom stereocenters. The van der Waals surface area contributed by atoms with Crippen LogP contribution in [0.2, 0.25) is 0 Å². The molecule has 0 saturated carbocycles. The van der Waals surface area contributed by atoms with Gasteiger partial charge in [-0.25, -0.2) is 4.79 Å². The van der Waals surface area contributed by atoms with E-state index in [0.29, 0.717) is 14.5 Å². The van der Waals surface area contributed by atoms with E-state index in [1.807, 2.05) is 0 Å². The monoisotopic (exact) mass is 406 g/mol.